The first-order chi connectivity index (χ1) is 5.65. The molecule has 12 heavy (non-hydrogen) atoms. The number of nitrogens with zero attached hydrogens (tertiary/aromatic N) is 1. The maximum absolute atomic E-state index is 10.3. The average molecular weight is 164 g/mol. The molecule has 4 nitrogen and oxygen atoms in total. The molecule has 0 amide bonds. The van der Waals surface area contributed by atoms with E-state index in [2.05, 4.69) is 0 Å². The maximum atomic E-state index is 10.3. The number of hydrogen-bond acceptors (Lipinski definition) is 3. The molecule has 1 radical (unpaired) electrons. The number of benzene rings is 1. The van der Waals surface area contributed by atoms with E-state index in [0.29, 0.717) is 11.1 Å². The molecule has 0 aromatic heterocycles. The Morgan fingerprint density at radius 3 is 2.58 bits per heavy atom. The molecule has 61 valence electrons. The van der Waals surface area contributed by atoms with Crippen LogP contribution in [0.25, 0.3) is 0 Å². The van der Waals surface area contributed by atoms with Gasteiger partial charge in [0.05, 0.1) is 4.92 Å². The lowest BCUT2D eigenvalue weighted by Crippen LogP contribution is -1.92. The van der Waals surface area contributed by atoms with E-state index in [1.807, 2.05) is 0 Å². The van der Waals surface area contributed by atoms with E-state index in [4.69, 9.17) is 0 Å². The van der Waals surface area contributed by atoms with Crippen LogP contribution in [0, 0.1) is 17.0 Å². The zero-order valence-corrected chi connectivity index (χ0v) is 6.40. The molecule has 1 aromatic rings. The highest BCUT2D eigenvalue weighted by molar-refractivity contribution is 5.76. The molecule has 0 unspecified atom stereocenters. The van der Waals surface area contributed by atoms with Crippen molar-refractivity contribution in [2.75, 3.05) is 0 Å². The minimum absolute atomic E-state index is 0.0222. The number of nitro benzene ring substituents is 1. The van der Waals surface area contributed by atoms with Crippen molar-refractivity contribution in [3.05, 3.63) is 39.4 Å². The van der Waals surface area contributed by atoms with Gasteiger partial charge in [-0.1, -0.05) is 0 Å². The van der Waals surface area contributed by atoms with Gasteiger partial charge in [0.1, 0.15) is 0 Å². The van der Waals surface area contributed by atoms with E-state index in [9.17, 15) is 14.9 Å². The molecule has 0 saturated heterocycles. The molecule has 0 aliphatic carbocycles. The predicted molar refractivity (Wildman–Crippen MR) is 42.6 cm³/mol. The van der Waals surface area contributed by atoms with Crippen LogP contribution in [0.4, 0.5) is 5.69 Å². The Morgan fingerprint density at radius 1 is 1.50 bits per heavy atom. The van der Waals surface area contributed by atoms with Crippen molar-refractivity contribution in [1.82, 2.24) is 0 Å². The number of hydrogen-bond donors (Lipinski definition) is 0. The average Bonchev–Trinajstić information content (AvgIpc) is 2.03. The summed E-state index contributed by atoms with van der Waals surface area (Å²) in [7, 11) is 0. The summed E-state index contributed by atoms with van der Waals surface area (Å²) in [5.74, 6) is 0. The highest BCUT2D eigenvalue weighted by atomic mass is 16.6. The minimum atomic E-state index is -0.482. The van der Waals surface area contributed by atoms with E-state index in [-0.39, 0.29) is 5.69 Å². The molecule has 4 heteroatoms. The van der Waals surface area contributed by atoms with E-state index in [0.717, 1.165) is 0 Å². The highest BCUT2D eigenvalue weighted by Crippen LogP contribution is 2.17. The third-order valence-electron chi connectivity index (χ3n) is 1.51. The van der Waals surface area contributed by atoms with Gasteiger partial charge < -0.3 is 0 Å². The fourth-order valence-electron chi connectivity index (χ4n) is 0.924. The molecule has 0 N–H and O–H groups in total. The van der Waals surface area contributed by atoms with Gasteiger partial charge in [-0.2, -0.15) is 0 Å². The van der Waals surface area contributed by atoms with E-state index >= 15 is 0 Å². The standard InChI is InChI=1S/C8H6NO3/c1-6-4-7(5-10)2-3-8(6)9(11)12/h2-4H,1H3. The van der Waals surface area contributed by atoms with Crippen molar-refractivity contribution >= 4 is 12.0 Å². The van der Waals surface area contributed by atoms with Crippen LogP contribution in [0.1, 0.15) is 11.1 Å². The topological polar surface area (TPSA) is 60.2 Å². The van der Waals surface area contributed by atoms with Gasteiger partial charge >= 0.3 is 0 Å². The summed E-state index contributed by atoms with van der Waals surface area (Å²) >= 11 is 0. The quantitative estimate of drug-likeness (QED) is 0.489. The summed E-state index contributed by atoms with van der Waals surface area (Å²) in [4.78, 5) is 20.0. The van der Waals surface area contributed by atoms with Crippen LogP contribution in [0.15, 0.2) is 18.2 Å². The van der Waals surface area contributed by atoms with E-state index < -0.39 is 4.92 Å². The van der Waals surface area contributed by atoms with Crippen molar-refractivity contribution in [2.45, 2.75) is 6.92 Å². The van der Waals surface area contributed by atoms with Gasteiger partial charge in [0, 0.05) is 17.2 Å². The lowest BCUT2D eigenvalue weighted by molar-refractivity contribution is -0.385. The predicted octanol–water partition coefficient (Wildman–Crippen LogP) is 1.36. The van der Waals surface area contributed by atoms with Crippen LogP contribution in [-0.2, 0) is 4.79 Å². The van der Waals surface area contributed by atoms with Crippen molar-refractivity contribution in [3.63, 3.8) is 0 Å². The van der Waals surface area contributed by atoms with E-state index in [1.165, 1.54) is 18.2 Å². The van der Waals surface area contributed by atoms with Crippen molar-refractivity contribution in [1.29, 1.82) is 0 Å². The molecule has 0 spiro atoms. The molecule has 0 aliphatic rings. The zero-order chi connectivity index (χ0) is 9.14. The largest absolute Gasteiger partial charge is 0.285 e. The van der Waals surface area contributed by atoms with Crippen molar-refractivity contribution in [2.24, 2.45) is 0 Å². The molecular formula is C8H6NO3. The molecule has 0 atom stereocenters. The highest BCUT2D eigenvalue weighted by Gasteiger charge is 2.09. The molecular weight excluding hydrogens is 158 g/mol. The molecule has 0 aliphatic heterocycles. The molecule has 0 bridgehead atoms. The van der Waals surface area contributed by atoms with Crippen LogP contribution >= 0.6 is 0 Å². The number of rotatable bonds is 2. The normalized spacial score (nSPS) is 9.42. The van der Waals surface area contributed by atoms with Crippen molar-refractivity contribution < 1.29 is 9.72 Å². The van der Waals surface area contributed by atoms with Gasteiger partial charge in [-0.15, -0.1) is 0 Å². The smallest absolute Gasteiger partial charge is 0.272 e. The Kier molecular flexibility index (Phi) is 2.19. The van der Waals surface area contributed by atoms with Crippen LogP contribution in [0.3, 0.4) is 0 Å². The molecule has 0 saturated carbocycles. The Bertz CT molecular complexity index is 333. The SMILES string of the molecule is Cc1cc([C]=O)ccc1[N+](=O)[O-]. The third kappa shape index (κ3) is 1.47. The fraction of sp³-hybridized carbons (Fsp3) is 0.125. The molecule has 0 heterocycles. The Balaban J connectivity index is 3.20. The van der Waals surface area contributed by atoms with Gasteiger partial charge in [-0.3, -0.25) is 14.9 Å². The second kappa shape index (κ2) is 3.13. The maximum Gasteiger partial charge on any atom is 0.272 e. The second-order valence-electron chi connectivity index (χ2n) is 2.36. The zero-order valence-electron chi connectivity index (χ0n) is 6.40. The molecule has 1 rings (SSSR count). The summed E-state index contributed by atoms with van der Waals surface area (Å²) in [5, 5.41) is 10.3. The van der Waals surface area contributed by atoms with Crippen molar-refractivity contribution in [3.8, 4) is 0 Å². The number of aryl methyl sites for hydroxylation is 1. The van der Waals surface area contributed by atoms with Gasteiger partial charge in [0.25, 0.3) is 5.69 Å². The second-order valence-corrected chi connectivity index (χ2v) is 2.36. The van der Waals surface area contributed by atoms with E-state index in [1.54, 1.807) is 13.2 Å². The van der Waals surface area contributed by atoms with Crippen LogP contribution < -0.4 is 0 Å². The molecule has 1 aromatic carbocycles. The van der Waals surface area contributed by atoms with Crippen LogP contribution in [-0.4, -0.2) is 11.2 Å². The Morgan fingerprint density at radius 2 is 2.17 bits per heavy atom. The lowest BCUT2D eigenvalue weighted by Gasteiger charge is -1.95. The first-order valence-corrected chi connectivity index (χ1v) is 3.28. The molecule has 0 fully saturated rings. The Labute approximate surface area is 69.0 Å². The monoisotopic (exact) mass is 164 g/mol. The lowest BCUT2D eigenvalue weighted by atomic mass is 10.1. The first-order valence-electron chi connectivity index (χ1n) is 3.28. The fourth-order valence-corrected chi connectivity index (χ4v) is 0.924. The van der Waals surface area contributed by atoms with Crippen LogP contribution in [0.2, 0.25) is 0 Å². The number of nitro groups is 1. The first kappa shape index (κ1) is 8.39. The number of carbonyl (C=O) groups excluding carboxylic acids is 1. The summed E-state index contributed by atoms with van der Waals surface area (Å²) in [6, 6.07) is 4.11. The summed E-state index contributed by atoms with van der Waals surface area (Å²) in [5.41, 5.74) is 0.827. The van der Waals surface area contributed by atoms with Gasteiger partial charge in [-0.05, 0) is 19.1 Å². The Hall–Kier alpha value is -1.71. The van der Waals surface area contributed by atoms with Gasteiger partial charge in [-0.25, -0.2) is 0 Å². The summed E-state index contributed by atoms with van der Waals surface area (Å²) in [6.07, 6.45) is 1.66. The summed E-state index contributed by atoms with van der Waals surface area (Å²) in [6.45, 7) is 1.58. The van der Waals surface area contributed by atoms with Gasteiger partial charge in [0.15, 0.2) is 0 Å². The summed E-state index contributed by atoms with van der Waals surface area (Å²) < 4.78 is 0. The minimum Gasteiger partial charge on any atom is -0.285 e. The van der Waals surface area contributed by atoms with Gasteiger partial charge in [0.2, 0.25) is 6.29 Å². The third-order valence-corrected chi connectivity index (χ3v) is 1.51. The van der Waals surface area contributed by atoms with Crippen LogP contribution in [0.5, 0.6) is 0 Å².